The summed E-state index contributed by atoms with van der Waals surface area (Å²) < 4.78 is 4.98. The summed E-state index contributed by atoms with van der Waals surface area (Å²) in [7, 11) is 1.41. The molecule has 4 heteroatoms. The second-order valence-corrected chi connectivity index (χ2v) is 6.47. The van der Waals surface area contributed by atoms with Crippen LogP contribution < -0.4 is 4.90 Å². The second kappa shape index (κ2) is 7.92. The molecular weight excluding hydrogens is 348 g/mol. The molecule has 2 heterocycles. The molecule has 4 rings (SSSR count). The van der Waals surface area contributed by atoms with E-state index >= 15 is 0 Å². The number of methoxy groups -OCH3 is 1. The first-order valence-electron chi connectivity index (χ1n) is 9.09. The van der Waals surface area contributed by atoms with Crippen LogP contribution in [0.15, 0.2) is 91.3 Å². The molecule has 0 saturated carbocycles. The highest BCUT2D eigenvalue weighted by molar-refractivity contribution is 5.98. The molecule has 0 unspecified atom stereocenters. The normalized spacial score (nSPS) is 13.5. The number of para-hydroxylation sites is 1. The number of ether oxygens (including phenoxy) is 1. The summed E-state index contributed by atoms with van der Waals surface area (Å²) in [5, 5.41) is 0. The largest absolute Gasteiger partial charge is 0.465 e. The number of carbonyl (C=O) groups is 1. The molecule has 0 saturated heterocycles. The lowest BCUT2D eigenvalue weighted by Crippen LogP contribution is -2.23. The SMILES string of the molecule is COC(=O)c1ccccc1C1=CC(c2ccccn2)=CN(c2ccccc2)C1. The van der Waals surface area contributed by atoms with Gasteiger partial charge in [0, 0.05) is 30.2 Å². The van der Waals surface area contributed by atoms with Gasteiger partial charge < -0.3 is 9.64 Å². The summed E-state index contributed by atoms with van der Waals surface area (Å²) in [5.41, 5.74) is 5.43. The van der Waals surface area contributed by atoms with Gasteiger partial charge in [-0.15, -0.1) is 0 Å². The van der Waals surface area contributed by atoms with Gasteiger partial charge in [-0.25, -0.2) is 4.79 Å². The van der Waals surface area contributed by atoms with Crippen LogP contribution in [0.25, 0.3) is 11.1 Å². The minimum Gasteiger partial charge on any atom is -0.465 e. The van der Waals surface area contributed by atoms with Crippen LogP contribution in [0.5, 0.6) is 0 Å². The summed E-state index contributed by atoms with van der Waals surface area (Å²) in [6, 6.07) is 23.6. The van der Waals surface area contributed by atoms with Crippen LogP contribution in [-0.4, -0.2) is 24.6 Å². The first kappa shape index (κ1) is 17.7. The van der Waals surface area contributed by atoms with Gasteiger partial charge in [-0.3, -0.25) is 4.98 Å². The quantitative estimate of drug-likeness (QED) is 0.620. The van der Waals surface area contributed by atoms with E-state index in [0.29, 0.717) is 12.1 Å². The number of hydrogen-bond acceptors (Lipinski definition) is 4. The Labute approximate surface area is 164 Å². The number of hydrogen-bond donors (Lipinski definition) is 0. The Balaban J connectivity index is 1.83. The van der Waals surface area contributed by atoms with Crippen molar-refractivity contribution in [3.63, 3.8) is 0 Å². The highest BCUT2D eigenvalue weighted by Crippen LogP contribution is 2.32. The number of pyridine rings is 1. The second-order valence-electron chi connectivity index (χ2n) is 6.47. The van der Waals surface area contributed by atoms with Crippen LogP contribution in [0, 0.1) is 0 Å². The molecule has 1 aliphatic heterocycles. The highest BCUT2D eigenvalue weighted by Gasteiger charge is 2.20. The Kier molecular flexibility index (Phi) is 5.02. The molecule has 0 radical (unpaired) electrons. The number of nitrogens with zero attached hydrogens (tertiary/aromatic N) is 2. The maximum absolute atomic E-state index is 12.3. The van der Waals surface area contributed by atoms with E-state index < -0.39 is 0 Å². The van der Waals surface area contributed by atoms with Gasteiger partial charge in [0.1, 0.15) is 0 Å². The van der Waals surface area contributed by atoms with E-state index in [9.17, 15) is 4.79 Å². The van der Waals surface area contributed by atoms with Gasteiger partial charge in [-0.1, -0.05) is 42.5 Å². The van der Waals surface area contributed by atoms with E-state index in [1.54, 1.807) is 12.3 Å². The van der Waals surface area contributed by atoms with Gasteiger partial charge in [-0.05, 0) is 47.5 Å². The van der Waals surface area contributed by atoms with Gasteiger partial charge >= 0.3 is 5.97 Å². The van der Waals surface area contributed by atoms with Crippen LogP contribution in [0.1, 0.15) is 21.6 Å². The number of esters is 1. The topological polar surface area (TPSA) is 42.4 Å². The molecular formula is C24H20N2O2. The van der Waals surface area contributed by atoms with Gasteiger partial charge in [0.2, 0.25) is 0 Å². The van der Waals surface area contributed by atoms with Crippen LogP contribution in [0.2, 0.25) is 0 Å². The fourth-order valence-electron chi connectivity index (χ4n) is 3.34. The Morgan fingerprint density at radius 2 is 1.71 bits per heavy atom. The summed E-state index contributed by atoms with van der Waals surface area (Å²) in [6.07, 6.45) is 5.99. The molecule has 0 atom stereocenters. The molecule has 2 aromatic carbocycles. The molecule has 0 N–H and O–H groups in total. The zero-order valence-corrected chi connectivity index (χ0v) is 15.6. The first-order chi connectivity index (χ1) is 13.8. The van der Waals surface area contributed by atoms with Crippen molar-refractivity contribution in [3.8, 4) is 0 Å². The predicted octanol–water partition coefficient (Wildman–Crippen LogP) is 4.81. The van der Waals surface area contributed by atoms with E-state index in [4.69, 9.17) is 4.74 Å². The van der Waals surface area contributed by atoms with Crippen LogP contribution in [0.4, 0.5) is 5.69 Å². The smallest absolute Gasteiger partial charge is 0.338 e. The lowest BCUT2D eigenvalue weighted by atomic mass is 9.94. The maximum Gasteiger partial charge on any atom is 0.338 e. The molecule has 3 aromatic rings. The van der Waals surface area contributed by atoms with Crippen molar-refractivity contribution in [1.82, 2.24) is 4.98 Å². The number of carbonyl (C=O) groups excluding carboxylic acids is 1. The zero-order valence-electron chi connectivity index (χ0n) is 15.6. The number of rotatable bonds is 4. The fraction of sp³-hybridized carbons (Fsp3) is 0.0833. The Bertz CT molecular complexity index is 1040. The lowest BCUT2D eigenvalue weighted by Gasteiger charge is -2.28. The number of allylic oxidation sites excluding steroid dienone is 2. The molecule has 4 nitrogen and oxygen atoms in total. The van der Waals surface area contributed by atoms with Crippen LogP contribution >= 0.6 is 0 Å². The maximum atomic E-state index is 12.3. The van der Waals surface area contributed by atoms with Gasteiger partial charge in [0.05, 0.1) is 18.4 Å². The average molecular weight is 368 g/mol. The summed E-state index contributed by atoms with van der Waals surface area (Å²) >= 11 is 0. The molecule has 1 aromatic heterocycles. The van der Waals surface area contributed by atoms with Crippen molar-refractivity contribution in [2.24, 2.45) is 0 Å². The van der Waals surface area contributed by atoms with Crippen LogP contribution in [0.3, 0.4) is 0 Å². The zero-order chi connectivity index (χ0) is 19.3. The van der Waals surface area contributed by atoms with Gasteiger partial charge in [0.15, 0.2) is 0 Å². The van der Waals surface area contributed by atoms with Gasteiger partial charge in [-0.2, -0.15) is 0 Å². The third-order valence-corrected chi connectivity index (χ3v) is 4.69. The lowest BCUT2D eigenvalue weighted by molar-refractivity contribution is 0.0600. The molecule has 1 aliphatic rings. The first-order valence-corrected chi connectivity index (χ1v) is 9.09. The van der Waals surface area contributed by atoms with Crippen molar-refractivity contribution in [1.29, 1.82) is 0 Å². The molecule has 0 fully saturated rings. The minimum absolute atomic E-state index is 0.336. The summed E-state index contributed by atoms with van der Waals surface area (Å²) in [4.78, 5) is 19.0. The number of aromatic nitrogens is 1. The predicted molar refractivity (Wildman–Crippen MR) is 112 cm³/mol. The third-order valence-electron chi connectivity index (χ3n) is 4.69. The minimum atomic E-state index is -0.336. The number of benzene rings is 2. The van der Waals surface area contributed by atoms with E-state index in [1.807, 2.05) is 54.6 Å². The number of anilines is 1. The highest BCUT2D eigenvalue weighted by atomic mass is 16.5. The molecule has 0 bridgehead atoms. The fourth-order valence-corrected chi connectivity index (χ4v) is 3.34. The third kappa shape index (κ3) is 3.58. The van der Waals surface area contributed by atoms with E-state index in [1.165, 1.54) is 7.11 Å². The van der Waals surface area contributed by atoms with Crippen molar-refractivity contribution >= 4 is 22.8 Å². The molecule has 0 aliphatic carbocycles. The van der Waals surface area contributed by atoms with Crippen molar-refractivity contribution in [2.45, 2.75) is 0 Å². The molecule has 138 valence electrons. The van der Waals surface area contributed by atoms with E-state index in [0.717, 1.165) is 28.1 Å². The van der Waals surface area contributed by atoms with Crippen molar-refractivity contribution < 1.29 is 9.53 Å². The molecule has 28 heavy (non-hydrogen) atoms. The Morgan fingerprint density at radius 1 is 0.964 bits per heavy atom. The van der Waals surface area contributed by atoms with E-state index in [2.05, 4.69) is 34.3 Å². The van der Waals surface area contributed by atoms with Crippen molar-refractivity contribution in [3.05, 3.63) is 108 Å². The monoisotopic (exact) mass is 368 g/mol. The Morgan fingerprint density at radius 3 is 2.46 bits per heavy atom. The van der Waals surface area contributed by atoms with Crippen LogP contribution in [-0.2, 0) is 4.74 Å². The molecule has 0 spiro atoms. The molecule has 0 amide bonds. The van der Waals surface area contributed by atoms with Gasteiger partial charge in [0.25, 0.3) is 0 Å². The Hall–Kier alpha value is -3.66. The standard InChI is InChI=1S/C24H20N2O2/c1-28-24(27)22-12-6-5-11-21(22)18-15-19(23-13-7-8-14-25-23)17-26(16-18)20-9-3-2-4-10-20/h2-15,17H,16H2,1H3. The summed E-state index contributed by atoms with van der Waals surface area (Å²) in [5.74, 6) is -0.336. The van der Waals surface area contributed by atoms with E-state index in [-0.39, 0.29) is 5.97 Å². The van der Waals surface area contributed by atoms with Crippen molar-refractivity contribution in [2.75, 3.05) is 18.6 Å². The average Bonchev–Trinajstić information content (AvgIpc) is 2.79. The summed E-state index contributed by atoms with van der Waals surface area (Å²) in [6.45, 7) is 0.647.